The maximum Gasteiger partial charge on any atom is 0.286 e. The first-order valence-corrected chi connectivity index (χ1v) is 12.0. The number of hydrogen-bond acceptors (Lipinski definition) is 5. The number of aryl methyl sites for hydroxylation is 1. The number of amides is 1. The standard InChI is InChI=1S/C26H26N4O2S/c1-18-15-21(32-2)11-12-22(18)24-19(17-30(28-24)20-9-5-3-6-10-20)16-23-25(31)27-26(33-23)29-13-7-4-8-14-29/h3,5-6,9-12,15-17H,4,7-8,13-14H2,1-2H3/b23-16+. The molecule has 0 unspecified atom stereocenters. The molecule has 5 rings (SSSR count). The lowest BCUT2D eigenvalue weighted by molar-refractivity contribution is -0.113. The maximum absolute atomic E-state index is 12.8. The van der Waals surface area contributed by atoms with Crippen molar-refractivity contribution in [1.29, 1.82) is 0 Å². The van der Waals surface area contributed by atoms with E-state index in [9.17, 15) is 4.79 Å². The third-order valence-corrected chi connectivity index (χ3v) is 7.02. The minimum atomic E-state index is -0.176. The monoisotopic (exact) mass is 458 g/mol. The van der Waals surface area contributed by atoms with Crippen LogP contribution in [0.2, 0.25) is 0 Å². The molecule has 0 radical (unpaired) electrons. The predicted octanol–water partition coefficient (Wildman–Crippen LogP) is 5.31. The molecule has 2 aliphatic rings. The molecule has 3 heterocycles. The van der Waals surface area contributed by atoms with Crippen molar-refractivity contribution in [2.24, 2.45) is 4.99 Å². The van der Waals surface area contributed by atoms with E-state index in [-0.39, 0.29) is 5.91 Å². The Kier molecular flexibility index (Phi) is 6.05. The second-order valence-corrected chi connectivity index (χ2v) is 9.26. The van der Waals surface area contributed by atoms with Crippen molar-refractivity contribution >= 4 is 28.9 Å². The van der Waals surface area contributed by atoms with Gasteiger partial charge >= 0.3 is 0 Å². The van der Waals surface area contributed by atoms with E-state index in [1.54, 1.807) is 7.11 Å². The summed E-state index contributed by atoms with van der Waals surface area (Å²) in [6.07, 6.45) is 7.45. The molecule has 1 amide bonds. The molecule has 0 bridgehead atoms. The van der Waals surface area contributed by atoms with Crippen LogP contribution in [0.1, 0.15) is 30.4 Å². The minimum absolute atomic E-state index is 0.176. The van der Waals surface area contributed by atoms with Crippen LogP contribution in [-0.2, 0) is 4.79 Å². The Morgan fingerprint density at radius 2 is 1.85 bits per heavy atom. The summed E-state index contributed by atoms with van der Waals surface area (Å²) >= 11 is 1.47. The van der Waals surface area contributed by atoms with E-state index >= 15 is 0 Å². The molecule has 168 valence electrons. The number of methoxy groups -OCH3 is 1. The number of ether oxygens (including phenoxy) is 1. The fourth-order valence-corrected chi connectivity index (χ4v) is 5.16. The van der Waals surface area contributed by atoms with Gasteiger partial charge in [-0.05, 0) is 79.9 Å². The summed E-state index contributed by atoms with van der Waals surface area (Å²) in [5.41, 5.74) is 4.74. The van der Waals surface area contributed by atoms with Crippen molar-refractivity contribution < 1.29 is 9.53 Å². The summed E-state index contributed by atoms with van der Waals surface area (Å²) in [6.45, 7) is 3.98. The van der Waals surface area contributed by atoms with Gasteiger partial charge in [0.2, 0.25) is 0 Å². The van der Waals surface area contributed by atoms with Crippen LogP contribution < -0.4 is 4.74 Å². The molecule has 0 aliphatic carbocycles. The summed E-state index contributed by atoms with van der Waals surface area (Å²) in [5.74, 6) is 0.630. The summed E-state index contributed by atoms with van der Waals surface area (Å²) in [5, 5.41) is 5.73. The number of hydrogen-bond donors (Lipinski definition) is 0. The molecule has 1 aromatic heterocycles. The molecule has 1 fully saturated rings. The molecule has 3 aromatic rings. The number of para-hydroxylation sites is 1. The fraction of sp³-hybridized carbons (Fsp3) is 0.269. The lowest BCUT2D eigenvalue weighted by Crippen LogP contribution is -2.33. The van der Waals surface area contributed by atoms with Gasteiger partial charge in [-0.1, -0.05) is 18.2 Å². The predicted molar refractivity (Wildman–Crippen MR) is 134 cm³/mol. The SMILES string of the molecule is COc1ccc(-c2nn(-c3ccccc3)cc2/C=C2/SC(N3CCCCC3)=NC2=O)c(C)c1. The molecule has 0 spiro atoms. The zero-order valence-electron chi connectivity index (χ0n) is 18.8. The Labute approximate surface area is 198 Å². The third-order valence-electron chi connectivity index (χ3n) is 5.97. The Morgan fingerprint density at radius 1 is 1.06 bits per heavy atom. The van der Waals surface area contributed by atoms with Gasteiger partial charge in [-0.25, -0.2) is 4.68 Å². The van der Waals surface area contributed by atoms with E-state index in [4.69, 9.17) is 9.84 Å². The number of carbonyl (C=O) groups is 1. The lowest BCUT2D eigenvalue weighted by atomic mass is 10.0. The van der Waals surface area contributed by atoms with Crippen molar-refractivity contribution in [3.05, 3.63) is 70.8 Å². The number of carbonyl (C=O) groups excluding carboxylic acids is 1. The molecule has 1 saturated heterocycles. The van der Waals surface area contributed by atoms with E-state index in [2.05, 4.69) is 9.89 Å². The number of aliphatic imine (C=N–C) groups is 1. The number of likely N-dealkylation sites (tertiary alicyclic amines) is 1. The normalized spacial score (nSPS) is 17.5. The summed E-state index contributed by atoms with van der Waals surface area (Å²) in [6, 6.07) is 16.0. The summed E-state index contributed by atoms with van der Waals surface area (Å²) in [7, 11) is 1.66. The largest absolute Gasteiger partial charge is 0.497 e. The number of rotatable bonds is 4. The van der Waals surface area contributed by atoms with Gasteiger partial charge in [0, 0.05) is 30.4 Å². The molecular formula is C26H26N4O2S. The number of piperidine rings is 1. The van der Waals surface area contributed by atoms with Crippen LogP contribution in [0.15, 0.2) is 64.6 Å². The van der Waals surface area contributed by atoms with Gasteiger partial charge in [-0.3, -0.25) is 4.79 Å². The highest BCUT2D eigenvalue weighted by molar-refractivity contribution is 8.18. The van der Waals surface area contributed by atoms with E-state index in [1.807, 2.05) is 72.4 Å². The van der Waals surface area contributed by atoms with Gasteiger partial charge < -0.3 is 9.64 Å². The molecule has 2 aromatic carbocycles. The van der Waals surface area contributed by atoms with E-state index in [1.165, 1.54) is 18.2 Å². The topological polar surface area (TPSA) is 59.7 Å². The lowest BCUT2D eigenvalue weighted by Gasteiger charge is -2.27. The van der Waals surface area contributed by atoms with E-state index in [0.717, 1.165) is 64.9 Å². The zero-order chi connectivity index (χ0) is 22.8. The molecule has 0 atom stereocenters. The smallest absolute Gasteiger partial charge is 0.286 e. The first-order chi connectivity index (χ1) is 16.1. The van der Waals surface area contributed by atoms with E-state index < -0.39 is 0 Å². The first-order valence-electron chi connectivity index (χ1n) is 11.2. The van der Waals surface area contributed by atoms with Crippen molar-refractivity contribution in [2.45, 2.75) is 26.2 Å². The number of nitrogens with zero attached hydrogens (tertiary/aromatic N) is 4. The molecule has 0 N–H and O–H groups in total. The Balaban J connectivity index is 1.54. The Morgan fingerprint density at radius 3 is 2.58 bits per heavy atom. The van der Waals surface area contributed by atoms with Crippen LogP contribution in [0.4, 0.5) is 0 Å². The van der Waals surface area contributed by atoms with Crippen LogP contribution in [0.5, 0.6) is 5.75 Å². The number of aromatic nitrogens is 2. The van der Waals surface area contributed by atoms with Gasteiger partial charge in [0.15, 0.2) is 5.17 Å². The van der Waals surface area contributed by atoms with Crippen LogP contribution in [0.3, 0.4) is 0 Å². The average Bonchev–Trinajstić information content (AvgIpc) is 3.44. The number of benzene rings is 2. The summed E-state index contributed by atoms with van der Waals surface area (Å²) < 4.78 is 7.24. The van der Waals surface area contributed by atoms with Gasteiger partial charge in [0.25, 0.3) is 5.91 Å². The number of amidine groups is 1. The highest BCUT2D eigenvalue weighted by Crippen LogP contribution is 2.35. The van der Waals surface area contributed by atoms with Crippen LogP contribution in [-0.4, -0.2) is 46.0 Å². The molecule has 6 nitrogen and oxygen atoms in total. The van der Waals surface area contributed by atoms with Gasteiger partial charge in [-0.2, -0.15) is 10.1 Å². The van der Waals surface area contributed by atoms with Gasteiger partial charge in [0.1, 0.15) is 11.4 Å². The molecule has 2 aliphatic heterocycles. The Bertz CT molecular complexity index is 1240. The highest BCUT2D eigenvalue weighted by Gasteiger charge is 2.27. The Hall–Kier alpha value is -3.32. The summed E-state index contributed by atoms with van der Waals surface area (Å²) in [4.78, 5) is 20.0. The minimum Gasteiger partial charge on any atom is -0.497 e. The van der Waals surface area contributed by atoms with Gasteiger partial charge in [-0.15, -0.1) is 0 Å². The first kappa shape index (κ1) is 21.5. The quantitative estimate of drug-likeness (QED) is 0.496. The van der Waals surface area contributed by atoms with Crippen molar-refractivity contribution in [2.75, 3.05) is 20.2 Å². The second kappa shape index (κ2) is 9.27. The molecule has 0 saturated carbocycles. The highest BCUT2D eigenvalue weighted by atomic mass is 32.2. The third kappa shape index (κ3) is 4.46. The van der Waals surface area contributed by atoms with Crippen molar-refractivity contribution in [3.63, 3.8) is 0 Å². The van der Waals surface area contributed by atoms with Crippen molar-refractivity contribution in [3.8, 4) is 22.7 Å². The average molecular weight is 459 g/mol. The fourth-order valence-electron chi connectivity index (χ4n) is 4.20. The number of thioether (sulfide) groups is 1. The molecule has 7 heteroatoms. The molecule has 33 heavy (non-hydrogen) atoms. The van der Waals surface area contributed by atoms with Crippen molar-refractivity contribution in [1.82, 2.24) is 14.7 Å². The maximum atomic E-state index is 12.8. The molecular weight excluding hydrogens is 432 g/mol. The zero-order valence-corrected chi connectivity index (χ0v) is 19.6. The van der Waals surface area contributed by atoms with E-state index in [0.29, 0.717) is 4.91 Å². The second-order valence-electron chi connectivity index (χ2n) is 8.25. The van der Waals surface area contributed by atoms with Gasteiger partial charge in [0.05, 0.1) is 17.7 Å². The van der Waals surface area contributed by atoms with Crippen LogP contribution in [0.25, 0.3) is 23.0 Å². The van der Waals surface area contributed by atoms with Crippen LogP contribution in [0, 0.1) is 6.92 Å². The van der Waals surface area contributed by atoms with Crippen LogP contribution >= 0.6 is 11.8 Å².